The van der Waals surface area contributed by atoms with Gasteiger partial charge in [-0.3, -0.25) is 4.79 Å². The number of piperazine rings is 1. The Kier molecular flexibility index (Phi) is 4.14. The van der Waals surface area contributed by atoms with Crippen LogP contribution in [0.25, 0.3) is 0 Å². The Bertz CT molecular complexity index is 728. The molecule has 0 unspecified atom stereocenters. The van der Waals surface area contributed by atoms with Crippen LogP contribution in [0.2, 0.25) is 0 Å². The molecule has 120 valence electrons. The number of phenols is 1. The van der Waals surface area contributed by atoms with E-state index in [4.69, 9.17) is 0 Å². The maximum atomic E-state index is 13.8. The van der Waals surface area contributed by atoms with Crippen molar-refractivity contribution in [1.82, 2.24) is 9.88 Å². The number of aromatic hydroxyl groups is 1. The molecule has 0 saturated carbocycles. The minimum Gasteiger partial charge on any atom is -0.508 e. The third-order valence-corrected chi connectivity index (χ3v) is 3.97. The molecule has 1 amide bonds. The number of hydrogen-bond acceptors (Lipinski definition) is 4. The fourth-order valence-electron chi connectivity index (χ4n) is 2.68. The predicted molar refractivity (Wildman–Crippen MR) is 85.2 cm³/mol. The molecule has 0 radical (unpaired) electrons. The Morgan fingerprint density at radius 2 is 1.91 bits per heavy atom. The zero-order valence-electron chi connectivity index (χ0n) is 12.9. The van der Waals surface area contributed by atoms with Crippen molar-refractivity contribution in [2.24, 2.45) is 0 Å². The zero-order chi connectivity index (χ0) is 16.4. The lowest BCUT2D eigenvalue weighted by Crippen LogP contribution is -2.49. The minimum atomic E-state index is -0.696. The number of carbonyl (C=O) groups excluding carboxylic acids is 1. The summed E-state index contributed by atoms with van der Waals surface area (Å²) in [6.07, 6.45) is 1.77. The highest BCUT2D eigenvalue weighted by molar-refractivity contribution is 5.94. The highest BCUT2D eigenvalue weighted by Crippen LogP contribution is 2.19. The van der Waals surface area contributed by atoms with E-state index < -0.39 is 5.82 Å². The molecule has 3 rings (SSSR count). The van der Waals surface area contributed by atoms with Gasteiger partial charge in [0.15, 0.2) is 0 Å². The molecular weight excluding hydrogens is 297 g/mol. The molecule has 0 aliphatic carbocycles. The third-order valence-electron chi connectivity index (χ3n) is 3.97. The van der Waals surface area contributed by atoms with Crippen LogP contribution >= 0.6 is 0 Å². The van der Waals surface area contributed by atoms with Gasteiger partial charge in [0.1, 0.15) is 17.4 Å². The number of hydrogen-bond donors (Lipinski definition) is 1. The second-order valence-corrected chi connectivity index (χ2v) is 5.63. The molecule has 1 aromatic carbocycles. The Hall–Kier alpha value is -2.63. The van der Waals surface area contributed by atoms with Crippen LogP contribution in [0.4, 0.5) is 10.2 Å². The van der Waals surface area contributed by atoms with Crippen LogP contribution in [0.5, 0.6) is 5.75 Å². The number of anilines is 1. The average molecular weight is 315 g/mol. The second-order valence-electron chi connectivity index (χ2n) is 5.63. The summed E-state index contributed by atoms with van der Waals surface area (Å²) >= 11 is 0. The molecule has 1 aromatic heterocycles. The first-order chi connectivity index (χ1) is 11.0. The van der Waals surface area contributed by atoms with Gasteiger partial charge in [-0.2, -0.15) is 0 Å². The molecular formula is C17H18FN3O2. The smallest absolute Gasteiger partial charge is 0.256 e. The third kappa shape index (κ3) is 3.26. The molecule has 2 heterocycles. The zero-order valence-corrected chi connectivity index (χ0v) is 12.9. The summed E-state index contributed by atoms with van der Waals surface area (Å²) in [4.78, 5) is 20.5. The van der Waals surface area contributed by atoms with Crippen molar-refractivity contribution >= 4 is 11.7 Å². The second kappa shape index (κ2) is 6.24. The summed E-state index contributed by atoms with van der Waals surface area (Å²) in [5, 5.41) is 9.23. The van der Waals surface area contributed by atoms with E-state index in [-0.39, 0.29) is 17.2 Å². The van der Waals surface area contributed by atoms with Gasteiger partial charge in [0, 0.05) is 38.4 Å². The normalized spacial score (nSPS) is 14.9. The van der Waals surface area contributed by atoms with Gasteiger partial charge in [-0.05, 0) is 36.8 Å². The summed E-state index contributed by atoms with van der Waals surface area (Å²) in [6.45, 7) is 4.34. The van der Waals surface area contributed by atoms with Gasteiger partial charge < -0.3 is 14.9 Å². The molecule has 1 fully saturated rings. The summed E-state index contributed by atoms with van der Waals surface area (Å²) in [5.74, 6) is -0.334. The van der Waals surface area contributed by atoms with Gasteiger partial charge in [-0.15, -0.1) is 0 Å². The van der Waals surface area contributed by atoms with Crippen molar-refractivity contribution in [2.75, 3.05) is 31.1 Å². The average Bonchev–Trinajstić information content (AvgIpc) is 2.54. The Labute approximate surface area is 134 Å². The quantitative estimate of drug-likeness (QED) is 0.923. The van der Waals surface area contributed by atoms with Crippen LogP contribution in [0, 0.1) is 12.7 Å². The van der Waals surface area contributed by atoms with E-state index in [0.29, 0.717) is 26.2 Å². The molecule has 1 N–H and O–H groups in total. The van der Waals surface area contributed by atoms with Gasteiger partial charge in [0.2, 0.25) is 0 Å². The molecule has 0 bridgehead atoms. The fraction of sp³-hybridized carbons (Fsp3) is 0.294. The van der Waals surface area contributed by atoms with E-state index in [2.05, 4.69) is 9.88 Å². The molecule has 0 spiro atoms. The number of carbonyl (C=O) groups is 1. The minimum absolute atomic E-state index is 0.00932. The van der Waals surface area contributed by atoms with Crippen molar-refractivity contribution in [3.63, 3.8) is 0 Å². The van der Waals surface area contributed by atoms with Crippen molar-refractivity contribution in [3.8, 4) is 5.75 Å². The van der Waals surface area contributed by atoms with Crippen molar-refractivity contribution < 1.29 is 14.3 Å². The van der Waals surface area contributed by atoms with Crippen molar-refractivity contribution in [3.05, 3.63) is 53.5 Å². The lowest BCUT2D eigenvalue weighted by Gasteiger charge is -2.35. The number of aromatic nitrogens is 1. The molecule has 23 heavy (non-hydrogen) atoms. The van der Waals surface area contributed by atoms with Gasteiger partial charge in [0.05, 0.1) is 5.56 Å². The molecule has 0 atom stereocenters. The number of benzene rings is 1. The van der Waals surface area contributed by atoms with Crippen LogP contribution < -0.4 is 4.90 Å². The number of nitrogens with zero attached hydrogens (tertiary/aromatic N) is 3. The van der Waals surface area contributed by atoms with E-state index in [0.717, 1.165) is 17.4 Å². The monoisotopic (exact) mass is 315 g/mol. The maximum Gasteiger partial charge on any atom is 0.256 e. The summed E-state index contributed by atoms with van der Waals surface area (Å²) in [7, 11) is 0. The topological polar surface area (TPSA) is 56.7 Å². The lowest BCUT2D eigenvalue weighted by atomic mass is 10.1. The molecule has 2 aromatic rings. The van der Waals surface area contributed by atoms with Crippen LogP contribution in [0.3, 0.4) is 0 Å². The van der Waals surface area contributed by atoms with E-state index in [9.17, 15) is 14.3 Å². The first-order valence-electron chi connectivity index (χ1n) is 7.50. The van der Waals surface area contributed by atoms with Gasteiger partial charge >= 0.3 is 0 Å². The number of rotatable bonds is 2. The first-order valence-corrected chi connectivity index (χ1v) is 7.50. The van der Waals surface area contributed by atoms with Gasteiger partial charge in [-0.1, -0.05) is 0 Å². The maximum absolute atomic E-state index is 13.8. The fourth-order valence-corrected chi connectivity index (χ4v) is 2.68. The summed E-state index contributed by atoms with van der Waals surface area (Å²) in [6, 6.07) is 7.55. The Morgan fingerprint density at radius 1 is 1.17 bits per heavy atom. The number of pyridine rings is 1. The predicted octanol–water partition coefficient (Wildman–Crippen LogP) is 2.20. The summed E-state index contributed by atoms with van der Waals surface area (Å²) in [5.41, 5.74) is 1.13. The number of halogens is 1. The SMILES string of the molecule is Cc1ccnc(N2CCN(C(=O)c3ccc(O)cc3F)CC2)c1. The lowest BCUT2D eigenvalue weighted by molar-refractivity contribution is 0.0742. The first kappa shape index (κ1) is 15.3. The Balaban J connectivity index is 1.68. The van der Waals surface area contributed by atoms with Crippen LogP contribution in [0.1, 0.15) is 15.9 Å². The van der Waals surface area contributed by atoms with E-state index >= 15 is 0 Å². The molecule has 1 aliphatic rings. The van der Waals surface area contributed by atoms with Crippen LogP contribution in [-0.2, 0) is 0 Å². The molecule has 5 nitrogen and oxygen atoms in total. The van der Waals surface area contributed by atoms with Crippen molar-refractivity contribution in [2.45, 2.75) is 6.92 Å². The van der Waals surface area contributed by atoms with Gasteiger partial charge in [0.25, 0.3) is 5.91 Å². The summed E-state index contributed by atoms with van der Waals surface area (Å²) < 4.78 is 13.8. The Morgan fingerprint density at radius 3 is 2.57 bits per heavy atom. The standard InChI is InChI=1S/C17H18FN3O2/c1-12-4-5-19-16(10-12)20-6-8-21(9-7-20)17(23)14-3-2-13(22)11-15(14)18/h2-5,10-11,22H,6-9H2,1H3. The molecule has 1 saturated heterocycles. The van der Waals surface area contributed by atoms with E-state index in [1.54, 1.807) is 11.1 Å². The highest BCUT2D eigenvalue weighted by Gasteiger charge is 2.24. The largest absolute Gasteiger partial charge is 0.508 e. The number of aryl methyl sites for hydroxylation is 1. The molecule has 6 heteroatoms. The highest BCUT2D eigenvalue weighted by atomic mass is 19.1. The van der Waals surface area contributed by atoms with E-state index in [1.807, 2.05) is 19.1 Å². The van der Waals surface area contributed by atoms with Gasteiger partial charge in [-0.25, -0.2) is 9.37 Å². The van der Waals surface area contributed by atoms with E-state index in [1.165, 1.54) is 12.1 Å². The number of amides is 1. The number of phenolic OH excluding ortho intramolecular Hbond substituents is 1. The van der Waals surface area contributed by atoms with Crippen LogP contribution in [0.15, 0.2) is 36.5 Å². The van der Waals surface area contributed by atoms with Crippen molar-refractivity contribution in [1.29, 1.82) is 0 Å². The molecule has 1 aliphatic heterocycles. The van der Waals surface area contributed by atoms with Crippen LogP contribution in [-0.4, -0.2) is 47.1 Å².